The maximum atomic E-state index is 7.03. The quantitative estimate of drug-likeness (QED) is 0.223. The predicted octanol–water partition coefficient (Wildman–Crippen LogP) is 10.3. The molecule has 0 aliphatic rings. The fourth-order valence-corrected chi connectivity index (χ4v) is 5.84. The van der Waals surface area contributed by atoms with Crippen LogP contribution in [0.1, 0.15) is 0 Å². The van der Waals surface area contributed by atoms with Crippen LogP contribution < -0.4 is 0 Å². The van der Waals surface area contributed by atoms with Crippen molar-refractivity contribution >= 4 is 54.7 Å². The number of benzene rings is 7. The van der Waals surface area contributed by atoms with E-state index in [4.69, 9.17) is 11.6 Å². The van der Waals surface area contributed by atoms with E-state index in [-0.39, 0.29) is 0 Å². The van der Waals surface area contributed by atoms with Gasteiger partial charge in [0.05, 0.1) is 0 Å². The molecule has 0 aliphatic carbocycles. The van der Waals surface area contributed by atoms with Crippen LogP contribution in [0.4, 0.5) is 0 Å². The number of hydrogen-bond donors (Lipinski definition) is 0. The maximum Gasteiger partial charge on any atom is 0.0490 e. The van der Waals surface area contributed by atoms with Gasteiger partial charge in [-0.3, -0.25) is 0 Å². The SMILES string of the molecule is Clc1cccc(-c2cc3ccccc3c3ccccc23)c1-c1cc2ccccc2c2ccccc12. The Morgan fingerprint density at radius 3 is 1.40 bits per heavy atom. The van der Waals surface area contributed by atoms with Gasteiger partial charge in [0, 0.05) is 10.6 Å². The van der Waals surface area contributed by atoms with Gasteiger partial charge in [-0.25, -0.2) is 0 Å². The molecule has 0 radical (unpaired) electrons. The second-order valence-corrected chi connectivity index (χ2v) is 9.45. The molecule has 7 rings (SSSR count). The number of rotatable bonds is 2. The number of hydrogen-bond acceptors (Lipinski definition) is 0. The van der Waals surface area contributed by atoms with Crippen molar-refractivity contribution in [2.24, 2.45) is 0 Å². The van der Waals surface area contributed by atoms with Crippen LogP contribution in [0, 0.1) is 0 Å². The van der Waals surface area contributed by atoms with Crippen LogP contribution in [0.25, 0.3) is 65.3 Å². The molecule has 7 aromatic rings. The Hall–Kier alpha value is -4.13. The van der Waals surface area contributed by atoms with Crippen molar-refractivity contribution in [3.05, 3.63) is 132 Å². The van der Waals surface area contributed by atoms with Crippen LogP contribution in [-0.4, -0.2) is 0 Å². The minimum absolute atomic E-state index is 0.764. The Morgan fingerprint density at radius 1 is 0.343 bits per heavy atom. The van der Waals surface area contributed by atoms with Crippen molar-refractivity contribution in [1.29, 1.82) is 0 Å². The van der Waals surface area contributed by atoms with Gasteiger partial charge in [0.25, 0.3) is 0 Å². The van der Waals surface area contributed by atoms with Gasteiger partial charge in [-0.05, 0) is 78.0 Å². The second-order valence-electron chi connectivity index (χ2n) is 9.04. The monoisotopic (exact) mass is 464 g/mol. The Bertz CT molecular complexity index is 1910. The summed E-state index contributed by atoms with van der Waals surface area (Å²) in [7, 11) is 0. The lowest BCUT2D eigenvalue weighted by Gasteiger charge is -2.18. The minimum atomic E-state index is 0.764. The van der Waals surface area contributed by atoms with E-state index in [0.717, 1.165) is 21.7 Å². The van der Waals surface area contributed by atoms with Crippen molar-refractivity contribution in [2.45, 2.75) is 0 Å². The zero-order chi connectivity index (χ0) is 23.4. The molecule has 0 unspecified atom stereocenters. The first-order valence-corrected chi connectivity index (χ1v) is 12.3. The zero-order valence-corrected chi connectivity index (χ0v) is 19.8. The molecule has 164 valence electrons. The molecule has 1 heteroatoms. The predicted molar refractivity (Wildman–Crippen MR) is 152 cm³/mol. The molecule has 0 aliphatic heterocycles. The average Bonchev–Trinajstić information content (AvgIpc) is 2.92. The molecule has 0 fully saturated rings. The van der Waals surface area contributed by atoms with Crippen LogP contribution in [-0.2, 0) is 0 Å². The van der Waals surface area contributed by atoms with Gasteiger partial charge in [0.2, 0.25) is 0 Å². The zero-order valence-electron chi connectivity index (χ0n) is 19.0. The van der Waals surface area contributed by atoms with E-state index in [1.807, 2.05) is 6.07 Å². The van der Waals surface area contributed by atoms with Gasteiger partial charge in [0.15, 0.2) is 0 Å². The third-order valence-electron chi connectivity index (χ3n) is 7.11. The Labute approximate surface area is 209 Å². The smallest absolute Gasteiger partial charge is 0.0490 e. The van der Waals surface area contributed by atoms with Gasteiger partial charge in [0.1, 0.15) is 0 Å². The summed E-state index contributed by atoms with van der Waals surface area (Å²) in [5.41, 5.74) is 4.60. The summed E-state index contributed by atoms with van der Waals surface area (Å²) in [6.07, 6.45) is 0. The van der Waals surface area contributed by atoms with E-state index in [1.165, 1.54) is 48.7 Å². The highest BCUT2D eigenvalue weighted by Crippen LogP contribution is 2.45. The molecule has 0 saturated carbocycles. The van der Waals surface area contributed by atoms with Crippen LogP contribution in [0.3, 0.4) is 0 Å². The molecule has 0 amide bonds. The van der Waals surface area contributed by atoms with Crippen molar-refractivity contribution in [3.63, 3.8) is 0 Å². The van der Waals surface area contributed by atoms with Gasteiger partial charge >= 0.3 is 0 Å². The summed E-state index contributed by atoms with van der Waals surface area (Å²) in [6, 6.07) is 45.4. The molecule has 0 N–H and O–H groups in total. The first-order chi connectivity index (χ1) is 17.3. The fourth-order valence-electron chi connectivity index (χ4n) is 5.56. The molecule has 0 atom stereocenters. The molecule has 0 bridgehead atoms. The second kappa shape index (κ2) is 7.98. The summed E-state index contributed by atoms with van der Waals surface area (Å²) in [6.45, 7) is 0. The topological polar surface area (TPSA) is 0 Å². The number of halogens is 1. The normalized spacial score (nSPS) is 11.6. The lowest BCUT2D eigenvalue weighted by atomic mass is 9.86. The van der Waals surface area contributed by atoms with E-state index in [0.29, 0.717) is 0 Å². The van der Waals surface area contributed by atoms with Gasteiger partial charge < -0.3 is 0 Å². The minimum Gasteiger partial charge on any atom is -0.0836 e. The van der Waals surface area contributed by atoms with E-state index in [1.54, 1.807) is 0 Å². The molecule has 7 aromatic carbocycles. The highest BCUT2D eigenvalue weighted by Gasteiger charge is 2.18. The van der Waals surface area contributed by atoms with Gasteiger partial charge in [-0.2, -0.15) is 0 Å². The third kappa shape index (κ3) is 3.15. The third-order valence-corrected chi connectivity index (χ3v) is 7.42. The van der Waals surface area contributed by atoms with Crippen LogP contribution in [0.2, 0.25) is 5.02 Å². The average molecular weight is 465 g/mol. The van der Waals surface area contributed by atoms with E-state index >= 15 is 0 Å². The highest BCUT2D eigenvalue weighted by atomic mass is 35.5. The van der Waals surface area contributed by atoms with Crippen molar-refractivity contribution in [2.75, 3.05) is 0 Å². The van der Waals surface area contributed by atoms with Gasteiger partial charge in [-0.1, -0.05) is 121 Å². The molecular weight excluding hydrogens is 444 g/mol. The van der Waals surface area contributed by atoms with E-state index in [9.17, 15) is 0 Å². The summed E-state index contributed by atoms with van der Waals surface area (Å²) in [5.74, 6) is 0. The summed E-state index contributed by atoms with van der Waals surface area (Å²) >= 11 is 7.03. The highest BCUT2D eigenvalue weighted by molar-refractivity contribution is 6.35. The first-order valence-electron chi connectivity index (χ1n) is 11.9. The largest absolute Gasteiger partial charge is 0.0836 e. The number of fused-ring (bicyclic) bond motifs is 6. The summed E-state index contributed by atoms with van der Waals surface area (Å²) in [5, 5.41) is 10.7. The lowest BCUT2D eigenvalue weighted by Crippen LogP contribution is -1.91. The van der Waals surface area contributed by atoms with Crippen LogP contribution in [0.15, 0.2) is 127 Å². The Balaban J connectivity index is 1.63. The molecule has 35 heavy (non-hydrogen) atoms. The van der Waals surface area contributed by atoms with Crippen LogP contribution in [0.5, 0.6) is 0 Å². The van der Waals surface area contributed by atoms with E-state index in [2.05, 4.69) is 121 Å². The van der Waals surface area contributed by atoms with Crippen molar-refractivity contribution in [1.82, 2.24) is 0 Å². The van der Waals surface area contributed by atoms with E-state index < -0.39 is 0 Å². The fraction of sp³-hybridized carbons (Fsp3) is 0. The first kappa shape index (κ1) is 20.3. The Kier molecular flexibility index (Phi) is 4.62. The Morgan fingerprint density at radius 2 is 0.800 bits per heavy atom. The van der Waals surface area contributed by atoms with Crippen molar-refractivity contribution < 1.29 is 0 Å². The van der Waals surface area contributed by atoms with Crippen LogP contribution >= 0.6 is 11.6 Å². The molecule has 0 aromatic heterocycles. The lowest BCUT2D eigenvalue weighted by molar-refractivity contribution is 1.63. The molecule has 0 saturated heterocycles. The molecular formula is C34H21Cl. The molecule has 0 spiro atoms. The van der Waals surface area contributed by atoms with Gasteiger partial charge in [-0.15, -0.1) is 0 Å². The van der Waals surface area contributed by atoms with Crippen molar-refractivity contribution in [3.8, 4) is 22.3 Å². The molecule has 0 nitrogen and oxygen atoms in total. The molecule has 0 heterocycles. The summed E-state index contributed by atoms with van der Waals surface area (Å²) < 4.78 is 0. The summed E-state index contributed by atoms with van der Waals surface area (Å²) in [4.78, 5) is 0. The maximum absolute atomic E-state index is 7.03. The standard InChI is InChI=1S/C34H21Cl/c35-33-19-9-18-30(31-20-22-10-1-3-12-24(22)26-14-5-7-16-28(26)31)34(33)32-21-23-11-2-4-13-25(23)27-15-6-8-17-29(27)32/h1-21H.